The summed E-state index contributed by atoms with van der Waals surface area (Å²) in [5.41, 5.74) is 4.10. The lowest BCUT2D eigenvalue weighted by Crippen LogP contribution is -2.15. The Morgan fingerprint density at radius 2 is 1.96 bits per heavy atom. The molecule has 0 aliphatic heterocycles. The minimum atomic E-state index is -0.549. The Labute approximate surface area is 165 Å². The van der Waals surface area contributed by atoms with Crippen molar-refractivity contribution in [2.45, 2.75) is 40.0 Å². The van der Waals surface area contributed by atoms with Gasteiger partial charge in [-0.2, -0.15) is 0 Å². The Morgan fingerprint density at radius 1 is 1.25 bits per heavy atom. The van der Waals surface area contributed by atoms with E-state index < -0.39 is 11.8 Å². The summed E-state index contributed by atoms with van der Waals surface area (Å²) in [6.07, 6.45) is 0.483. The fourth-order valence-corrected chi connectivity index (χ4v) is 2.98. The molecular weight excluding hydrogens is 359 g/mol. The molecule has 0 radical (unpaired) electrons. The van der Waals surface area contributed by atoms with Gasteiger partial charge in [-0.05, 0) is 66.6 Å². The van der Waals surface area contributed by atoms with Crippen molar-refractivity contribution in [2.75, 3.05) is 13.2 Å². The third-order valence-corrected chi connectivity index (χ3v) is 4.38. The average Bonchev–Trinajstić information content (AvgIpc) is 2.62. The maximum absolute atomic E-state index is 14.6. The van der Waals surface area contributed by atoms with Crippen LogP contribution in [-0.4, -0.2) is 24.3 Å². The standard InChI is InChI=1S/C23H27FO4/c1-6-27-23(26)13-28-22-12-18(14(2)3)17(11-20(22)24)9-16-7-8-21(25)19(10-16)15(4)5/h7-8,10-12,15,25H,2,6,9,13H2,1,3-5H3. The Bertz CT molecular complexity index is 871. The number of rotatable bonds is 8. The molecule has 0 fully saturated rings. The number of phenolic OH excluding ortho intramolecular Hbond substituents is 1. The highest BCUT2D eigenvalue weighted by molar-refractivity contribution is 5.71. The number of ether oxygens (including phenoxy) is 2. The number of carbonyl (C=O) groups excluding carboxylic acids is 1. The number of halogens is 1. The summed E-state index contributed by atoms with van der Waals surface area (Å²) < 4.78 is 24.6. The van der Waals surface area contributed by atoms with E-state index in [0.29, 0.717) is 6.42 Å². The first-order valence-electron chi connectivity index (χ1n) is 9.31. The second-order valence-corrected chi connectivity index (χ2v) is 7.04. The van der Waals surface area contributed by atoms with Crippen molar-refractivity contribution in [3.05, 3.63) is 65.0 Å². The molecule has 1 N–H and O–H groups in total. The van der Waals surface area contributed by atoms with Crippen molar-refractivity contribution in [3.8, 4) is 11.5 Å². The van der Waals surface area contributed by atoms with Gasteiger partial charge in [0.05, 0.1) is 6.61 Å². The van der Waals surface area contributed by atoms with Crippen LogP contribution in [0.3, 0.4) is 0 Å². The molecule has 0 saturated carbocycles. The lowest BCUT2D eigenvalue weighted by atomic mass is 9.93. The number of hydrogen-bond acceptors (Lipinski definition) is 4. The van der Waals surface area contributed by atoms with Gasteiger partial charge in [0.25, 0.3) is 0 Å². The van der Waals surface area contributed by atoms with Gasteiger partial charge < -0.3 is 14.6 Å². The van der Waals surface area contributed by atoms with E-state index in [1.54, 1.807) is 19.1 Å². The van der Waals surface area contributed by atoms with Crippen molar-refractivity contribution in [1.82, 2.24) is 0 Å². The molecule has 2 rings (SSSR count). The molecular formula is C23H27FO4. The number of allylic oxidation sites excluding steroid dienone is 1. The first kappa shape index (κ1) is 21.5. The number of benzene rings is 2. The van der Waals surface area contributed by atoms with Crippen molar-refractivity contribution in [1.29, 1.82) is 0 Å². The molecule has 2 aromatic rings. The number of phenols is 1. The summed E-state index contributed by atoms with van der Waals surface area (Å²) in [7, 11) is 0. The van der Waals surface area contributed by atoms with Crippen LogP contribution in [0.25, 0.3) is 5.57 Å². The van der Waals surface area contributed by atoms with Gasteiger partial charge >= 0.3 is 5.97 Å². The van der Waals surface area contributed by atoms with Gasteiger partial charge in [-0.3, -0.25) is 0 Å². The minimum Gasteiger partial charge on any atom is -0.508 e. The highest BCUT2D eigenvalue weighted by Gasteiger charge is 2.15. The van der Waals surface area contributed by atoms with Crippen molar-refractivity contribution >= 4 is 11.5 Å². The normalized spacial score (nSPS) is 10.8. The fraction of sp³-hybridized carbons (Fsp3) is 0.348. The Hall–Kier alpha value is -2.82. The molecule has 0 amide bonds. The van der Waals surface area contributed by atoms with Gasteiger partial charge in [0.2, 0.25) is 0 Å². The second kappa shape index (κ2) is 9.40. The highest BCUT2D eigenvalue weighted by Crippen LogP contribution is 2.31. The third-order valence-electron chi connectivity index (χ3n) is 4.38. The molecule has 0 heterocycles. The molecule has 0 aliphatic carbocycles. The molecule has 28 heavy (non-hydrogen) atoms. The summed E-state index contributed by atoms with van der Waals surface area (Å²) in [4.78, 5) is 11.5. The summed E-state index contributed by atoms with van der Waals surface area (Å²) >= 11 is 0. The monoisotopic (exact) mass is 386 g/mol. The lowest BCUT2D eigenvalue weighted by molar-refractivity contribution is -0.145. The zero-order valence-corrected chi connectivity index (χ0v) is 16.8. The molecule has 2 aromatic carbocycles. The largest absolute Gasteiger partial charge is 0.508 e. The van der Waals surface area contributed by atoms with Crippen LogP contribution < -0.4 is 4.74 Å². The van der Waals surface area contributed by atoms with Crippen molar-refractivity contribution in [3.63, 3.8) is 0 Å². The molecule has 0 unspecified atom stereocenters. The van der Waals surface area contributed by atoms with E-state index in [0.717, 1.165) is 27.8 Å². The van der Waals surface area contributed by atoms with Crippen LogP contribution in [0.1, 0.15) is 55.9 Å². The first-order valence-corrected chi connectivity index (χ1v) is 9.31. The molecule has 4 nitrogen and oxygen atoms in total. The first-order chi connectivity index (χ1) is 13.2. The quantitative estimate of drug-likeness (QED) is 0.632. The number of carbonyl (C=O) groups is 1. The maximum Gasteiger partial charge on any atom is 0.344 e. The van der Waals surface area contributed by atoms with Gasteiger partial charge in [0, 0.05) is 0 Å². The lowest BCUT2D eigenvalue weighted by Gasteiger charge is -2.15. The number of hydrogen-bond donors (Lipinski definition) is 1. The summed E-state index contributed by atoms with van der Waals surface area (Å²) in [5.74, 6) is -0.674. The van der Waals surface area contributed by atoms with Crippen molar-refractivity contribution < 1.29 is 23.8 Å². The van der Waals surface area contributed by atoms with E-state index in [4.69, 9.17) is 9.47 Å². The van der Waals surface area contributed by atoms with Crippen LogP contribution in [0, 0.1) is 5.82 Å². The van der Waals surface area contributed by atoms with Gasteiger partial charge in [0.15, 0.2) is 18.2 Å². The molecule has 0 saturated heterocycles. The summed E-state index contributed by atoms with van der Waals surface area (Å²) in [6.45, 7) is 11.4. The SMILES string of the molecule is C=C(C)c1cc(OCC(=O)OCC)c(F)cc1Cc1ccc(O)c(C(C)C)c1. The predicted octanol–water partition coefficient (Wildman–Crippen LogP) is 5.22. The smallest absolute Gasteiger partial charge is 0.344 e. The van der Waals surface area contributed by atoms with Crippen LogP contribution in [0.5, 0.6) is 11.5 Å². The van der Waals surface area contributed by atoms with E-state index in [1.165, 1.54) is 6.07 Å². The molecule has 0 aromatic heterocycles. The topological polar surface area (TPSA) is 55.8 Å². The minimum absolute atomic E-state index is 0.0108. The van der Waals surface area contributed by atoms with Gasteiger partial charge in [-0.1, -0.05) is 38.1 Å². The zero-order valence-electron chi connectivity index (χ0n) is 16.8. The Kier molecular flexibility index (Phi) is 7.21. The average molecular weight is 386 g/mol. The summed E-state index contributed by atoms with van der Waals surface area (Å²) in [5, 5.41) is 10.0. The van der Waals surface area contributed by atoms with E-state index in [-0.39, 0.29) is 30.6 Å². The van der Waals surface area contributed by atoms with Gasteiger partial charge in [-0.15, -0.1) is 0 Å². The molecule has 5 heteroatoms. The van der Waals surface area contributed by atoms with E-state index in [1.807, 2.05) is 32.9 Å². The maximum atomic E-state index is 14.6. The van der Waals surface area contributed by atoms with Gasteiger partial charge in [0.1, 0.15) is 5.75 Å². The predicted molar refractivity (Wildman–Crippen MR) is 108 cm³/mol. The molecule has 0 bridgehead atoms. The number of aromatic hydroxyl groups is 1. The van der Waals surface area contributed by atoms with E-state index >= 15 is 0 Å². The molecule has 150 valence electrons. The molecule has 0 atom stereocenters. The van der Waals surface area contributed by atoms with Crippen LogP contribution >= 0.6 is 0 Å². The third kappa shape index (κ3) is 5.35. The fourth-order valence-electron chi connectivity index (χ4n) is 2.98. The highest BCUT2D eigenvalue weighted by atomic mass is 19.1. The zero-order chi connectivity index (χ0) is 20.8. The van der Waals surface area contributed by atoms with Gasteiger partial charge in [-0.25, -0.2) is 9.18 Å². The number of esters is 1. The molecule has 0 spiro atoms. The van der Waals surface area contributed by atoms with E-state index in [9.17, 15) is 14.3 Å². The van der Waals surface area contributed by atoms with Crippen LogP contribution in [-0.2, 0) is 16.0 Å². The Morgan fingerprint density at radius 3 is 2.57 bits per heavy atom. The summed E-state index contributed by atoms with van der Waals surface area (Å²) in [6, 6.07) is 8.40. The second-order valence-electron chi connectivity index (χ2n) is 7.04. The van der Waals surface area contributed by atoms with Crippen LogP contribution in [0.15, 0.2) is 36.9 Å². The van der Waals surface area contributed by atoms with Crippen LogP contribution in [0.2, 0.25) is 0 Å². The molecule has 0 aliphatic rings. The van der Waals surface area contributed by atoms with Crippen molar-refractivity contribution in [2.24, 2.45) is 0 Å². The van der Waals surface area contributed by atoms with Crippen LogP contribution in [0.4, 0.5) is 4.39 Å². The Balaban J connectivity index is 2.32. The van der Waals surface area contributed by atoms with E-state index in [2.05, 4.69) is 6.58 Å².